The van der Waals surface area contributed by atoms with Crippen LogP contribution < -0.4 is 4.74 Å². The smallest absolute Gasteiger partial charge is 0.265 e. The van der Waals surface area contributed by atoms with Gasteiger partial charge in [0.15, 0.2) is 17.1 Å². The lowest BCUT2D eigenvalue weighted by molar-refractivity contribution is -0.139. The molecule has 7 nitrogen and oxygen atoms in total. The summed E-state index contributed by atoms with van der Waals surface area (Å²) in [6, 6.07) is 9.11. The van der Waals surface area contributed by atoms with Gasteiger partial charge < -0.3 is 14.4 Å². The van der Waals surface area contributed by atoms with E-state index in [1.807, 2.05) is 30.3 Å². The second-order valence-corrected chi connectivity index (χ2v) is 7.54. The third-order valence-corrected chi connectivity index (χ3v) is 5.98. The molecule has 1 aliphatic heterocycles. The number of Topliss-reactive ketones (excluding diaryl/α,β-unsaturated/α-hetero) is 1. The van der Waals surface area contributed by atoms with Crippen LogP contribution in [0.3, 0.4) is 0 Å². The number of aromatic nitrogens is 1. The van der Waals surface area contributed by atoms with Crippen LogP contribution in [0.1, 0.15) is 40.6 Å². The van der Waals surface area contributed by atoms with E-state index in [4.69, 9.17) is 9.26 Å². The van der Waals surface area contributed by atoms with E-state index in [1.54, 1.807) is 6.08 Å². The molecule has 2 heterocycles. The lowest BCUT2D eigenvalue weighted by Gasteiger charge is -2.48. The molecule has 5 rings (SSSR count). The minimum atomic E-state index is -2.10. The predicted molar refractivity (Wildman–Crippen MR) is 97.7 cm³/mol. The zero-order chi connectivity index (χ0) is 19.3. The lowest BCUT2D eigenvalue weighted by atomic mass is 9.64. The first-order valence-electron chi connectivity index (χ1n) is 9.49. The molecule has 3 atom stereocenters. The number of rotatable bonds is 4. The largest absolute Gasteiger partial charge is 0.470 e. The van der Waals surface area contributed by atoms with E-state index < -0.39 is 23.1 Å². The summed E-state index contributed by atoms with van der Waals surface area (Å²) in [4.78, 5) is 28.0. The van der Waals surface area contributed by atoms with Crippen LogP contribution in [0.5, 0.6) is 5.88 Å². The van der Waals surface area contributed by atoms with E-state index in [0.29, 0.717) is 12.2 Å². The molecule has 0 radical (unpaired) electrons. The van der Waals surface area contributed by atoms with E-state index in [0.717, 1.165) is 25.1 Å². The summed E-state index contributed by atoms with van der Waals surface area (Å²) >= 11 is 0. The Morgan fingerprint density at radius 2 is 2.04 bits per heavy atom. The quantitative estimate of drug-likeness (QED) is 0.812. The molecule has 2 aliphatic carbocycles. The van der Waals surface area contributed by atoms with Crippen LogP contribution in [0.25, 0.3) is 0 Å². The van der Waals surface area contributed by atoms with Crippen molar-refractivity contribution in [2.75, 3.05) is 13.1 Å². The monoisotopic (exact) mass is 380 g/mol. The first-order valence-corrected chi connectivity index (χ1v) is 9.49. The SMILES string of the molecule is O=C1C=CCC2C(N3CCC3)c3onc(OCc4ccccc4)c3C(=O)C12O. The van der Waals surface area contributed by atoms with Gasteiger partial charge in [0.2, 0.25) is 5.78 Å². The van der Waals surface area contributed by atoms with Crippen molar-refractivity contribution in [3.8, 4) is 5.88 Å². The molecule has 3 aliphatic rings. The fraction of sp³-hybridized carbons (Fsp3) is 0.381. The second kappa shape index (κ2) is 6.39. The maximum atomic E-state index is 13.2. The van der Waals surface area contributed by atoms with E-state index in [9.17, 15) is 14.7 Å². The molecule has 0 amide bonds. The Kier molecular flexibility index (Phi) is 3.96. The van der Waals surface area contributed by atoms with Crippen molar-refractivity contribution in [3.63, 3.8) is 0 Å². The van der Waals surface area contributed by atoms with E-state index in [2.05, 4.69) is 10.1 Å². The third-order valence-electron chi connectivity index (χ3n) is 5.98. The van der Waals surface area contributed by atoms with Crippen molar-refractivity contribution in [1.82, 2.24) is 10.1 Å². The minimum Gasteiger partial charge on any atom is -0.470 e. The Labute approximate surface area is 161 Å². The molecule has 144 valence electrons. The first-order chi connectivity index (χ1) is 13.6. The van der Waals surface area contributed by atoms with Gasteiger partial charge in [0.1, 0.15) is 12.2 Å². The van der Waals surface area contributed by atoms with Gasteiger partial charge in [-0.05, 0) is 29.6 Å². The maximum Gasteiger partial charge on any atom is 0.265 e. The highest BCUT2D eigenvalue weighted by Gasteiger charge is 2.61. The molecule has 1 fully saturated rings. The number of benzene rings is 1. The lowest BCUT2D eigenvalue weighted by Crippen LogP contribution is -2.61. The summed E-state index contributed by atoms with van der Waals surface area (Å²) in [5.74, 6) is -1.42. The molecule has 2 aromatic rings. The Morgan fingerprint density at radius 3 is 2.75 bits per heavy atom. The van der Waals surface area contributed by atoms with E-state index in [1.165, 1.54) is 6.08 Å². The number of aliphatic hydroxyl groups is 1. The first kappa shape index (κ1) is 17.3. The Morgan fingerprint density at radius 1 is 1.25 bits per heavy atom. The van der Waals surface area contributed by atoms with Gasteiger partial charge in [-0.2, -0.15) is 0 Å². The summed E-state index contributed by atoms with van der Waals surface area (Å²) in [5, 5.41) is 15.2. The van der Waals surface area contributed by atoms with Gasteiger partial charge in [-0.15, -0.1) is 0 Å². The summed E-state index contributed by atoms with van der Waals surface area (Å²) < 4.78 is 11.3. The Balaban J connectivity index is 1.55. The Hall–Kier alpha value is -2.77. The van der Waals surface area contributed by atoms with Crippen molar-refractivity contribution in [2.45, 2.75) is 31.1 Å². The average Bonchev–Trinajstić information content (AvgIpc) is 3.09. The van der Waals surface area contributed by atoms with Gasteiger partial charge in [0, 0.05) is 19.0 Å². The highest BCUT2D eigenvalue weighted by atomic mass is 16.5. The zero-order valence-electron chi connectivity index (χ0n) is 15.2. The summed E-state index contributed by atoms with van der Waals surface area (Å²) in [6.45, 7) is 1.85. The zero-order valence-corrected chi connectivity index (χ0v) is 15.2. The topological polar surface area (TPSA) is 92.9 Å². The van der Waals surface area contributed by atoms with Crippen LogP contribution in [-0.2, 0) is 11.4 Å². The molecule has 1 aromatic heterocycles. The summed E-state index contributed by atoms with van der Waals surface area (Å²) in [7, 11) is 0. The molecule has 1 aromatic carbocycles. The molecule has 28 heavy (non-hydrogen) atoms. The number of hydrogen-bond acceptors (Lipinski definition) is 7. The molecular weight excluding hydrogens is 360 g/mol. The number of fused-ring (bicyclic) bond motifs is 2. The van der Waals surface area contributed by atoms with Gasteiger partial charge in [-0.3, -0.25) is 14.5 Å². The number of hydrogen-bond donors (Lipinski definition) is 1. The number of allylic oxidation sites excluding steroid dienone is 1. The third kappa shape index (κ3) is 2.40. The van der Waals surface area contributed by atoms with Crippen LogP contribution in [0, 0.1) is 5.92 Å². The molecule has 0 bridgehead atoms. The maximum absolute atomic E-state index is 13.2. The minimum absolute atomic E-state index is 0.0311. The van der Waals surface area contributed by atoms with E-state index >= 15 is 0 Å². The van der Waals surface area contributed by atoms with Gasteiger partial charge in [-0.1, -0.05) is 36.4 Å². The van der Waals surface area contributed by atoms with Crippen molar-refractivity contribution in [3.05, 3.63) is 59.4 Å². The molecule has 0 saturated carbocycles. The van der Waals surface area contributed by atoms with Crippen LogP contribution in [0.2, 0.25) is 0 Å². The predicted octanol–water partition coefficient (Wildman–Crippen LogP) is 2.07. The van der Waals surface area contributed by atoms with Gasteiger partial charge in [-0.25, -0.2) is 0 Å². The molecule has 1 saturated heterocycles. The van der Waals surface area contributed by atoms with Gasteiger partial charge in [0.25, 0.3) is 5.88 Å². The number of nitrogens with zero attached hydrogens (tertiary/aromatic N) is 2. The van der Waals surface area contributed by atoms with Crippen LogP contribution >= 0.6 is 0 Å². The number of carbonyl (C=O) groups is 2. The average molecular weight is 380 g/mol. The summed E-state index contributed by atoms with van der Waals surface area (Å²) in [5.41, 5.74) is -1.09. The molecular formula is C21H20N2O5. The fourth-order valence-corrected chi connectivity index (χ4v) is 4.37. The highest BCUT2D eigenvalue weighted by molar-refractivity contribution is 6.23. The normalized spacial score (nSPS) is 29.2. The van der Waals surface area contributed by atoms with Crippen molar-refractivity contribution in [1.29, 1.82) is 0 Å². The molecule has 7 heteroatoms. The van der Waals surface area contributed by atoms with Crippen molar-refractivity contribution in [2.24, 2.45) is 5.92 Å². The van der Waals surface area contributed by atoms with Crippen LogP contribution in [0.15, 0.2) is 47.0 Å². The number of ether oxygens (including phenoxy) is 1. The molecule has 3 unspecified atom stereocenters. The molecule has 0 spiro atoms. The van der Waals surface area contributed by atoms with Gasteiger partial charge in [0.05, 0.1) is 6.04 Å². The van der Waals surface area contributed by atoms with Crippen molar-refractivity contribution >= 4 is 11.6 Å². The number of carbonyl (C=O) groups excluding carboxylic acids is 2. The van der Waals surface area contributed by atoms with Gasteiger partial charge >= 0.3 is 0 Å². The van der Waals surface area contributed by atoms with Crippen molar-refractivity contribution < 1.29 is 24.0 Å². The second-order valence-electron chi connectivity index (χ2n) is 7.54. The highest BCUT2D eigenvalue weighted by Crippen LogP contribution is 2.50. The van der Waals surface area contributed by atoms with Crippen LogP contribution in [0.4, 0.5) is 0 Å². The fourth-order valence-electron chi connectivity index (χ4n) is 4.37. The number of ketones is 2. The standard InChI is InChI=1S/C21H20N2O5/c24-15-9-4-8-14-17(23-10-5-11-23)18-16(19(25)21(14,15)26)20(22-28-18)27-12-13-6-2-1-3-7-13/h1-4,6-7,9,14,17,26H,5,8,10-12H2. The van der Waals surface area contributed by atoms with Crippen LogP contribution in [-0.4, -0.2) is 45.4 Å². The summed E-state index contributed by atoms with van der Waals surface area (Å²) in [6.07, 6.45) is 4.47. The molecule has 1 N–H and O–H groups in total. The number of likely N-dealkylation sites (tertiary alicyclic amines) is 1. The van der Waals surface area contributed by atoms with E-state index in [-0.39, 0.29) is 24.1 Å². The Bertz CT molecular complexity index is 962.